The summed E-state index contributed by atoms with van der Waals surface area (Å²) in [6, 6.07) is 11.7. The third kappa shape index (κ3) is 4.80. The Kier molecular flexibility index (Phi) is 6.34. The number of nitrogens with one attached hydrogen (secondary N) is 1. The fraction of sp³-hybridized carbons (Fsp3) is 0.300. The van der Waals surface area contributed by atoms with E-state index in [0.717, 1.165) is 10.6 Å². The number of amides is 2. The molecule has 1 heterocycles. The second-order valence-corrected chi connectivity index (χ2v) is 7.35. The molecule has 0 atom stereocenters. The first-order chi connectivity index (χ1) is 13.1. The Labute approximate surface area is 161 Å². The summed E-state index contributed by atoms with van der Waals surface area (Å²) in [7, 11) is 0. The second-order valence-electron chi connectivity index (χ2n) is 6.04. The number of thioether (sulfide) groups is 1. The highest BCUT2D eigenvalue weighted by Gasteiger charge is 2.22. The van der Waals surface area contributed by atoms with Gasteiger partial charge in [-0.25, -0.2) is 4.39 Å². The summed E-state index contributed by atoms with van der Waals surface area (Å²) in [4.78, 5) is 27.2. The van der Waals surface area contributed by atoms with Crippen molar-refractivity contribution >= 4 is 23.6 Å². The van der Waals surface area contributed by atoms with E-state index >= 15 is 0 Å². The number of carbonyl (C=O) groups excluding carboxylic acids is 2. The Morgan fingerprint density at radius 2 is 2.11 bits per heavy atom. The van der Waals surface area contributed by atoms with Crippen LogP contribution in [0.1, 0.15) is 22.8 Å². The lowest BCUT2D eigenvalue weighted by atomic mass is 10.2. The van der Waals surface area contributed by atoms with E-state index in [4.69, 9.17) is 4.74 Å². The number of halogens is 1. The van der Waals surface area contributed by atoms with Crippen LogP contribution in [-0.2, 0) is 11.3 Å². The Morgan fingerprint density at radius 3 is 2.93 bits per heavy atom. The van der Waals surface area contributed by atoms with Gasteiger partial charge in [-0.05, 0) is 36.1 Å². The lowest BCUT2D eigenvalue weighted by molar-refractivity contribution is -0.133. The van der Waals surface area contributed by atoms with Gasteiger partial charge in [-0.1, -0.05) is 19.1 Å². The maximum atomic E-state index is 13.5. The first-order valence-electron chi connectivity index (χ1n) is 8.77. The van der Waals surface area contributed by atoms with Crippen LogP contribution in [0.2, 0.25) is 0 Å². The molecule has 3 rings (SSSR count). The van der Waals surface area contributed by atoms with Gasteiger partial charge in [-0.2, -0.15) is 0 Å². The van der Waals surface area contributed by atoms with E-state index in [0.29, 0.717) is 30.0 Å². The minimum absolute atomic E-state index is 0.0947. The molecule has 0 radical (unpaired) electrons. The van der Waals surface area contributed by atoms with Crippen molar-refractivity contribution in [3.8, 4) is 5.75 Å². The average Bonchev–Trinajstić information content (AvgIpc) is 2.81. The summed E-state index contributed by atoms with van der Waals surface area (Å²) in [6.45, 7) is 2.83. The molecule has 0 saturated heterocycles. The zero-order valence-corrected chi connectivity index (χ0v) is 15.9. The Morgan fingerprint density at radius 1 is 1.30 bits per heavy atom. The van der Waals surface area contributed by atoms with Crippen LogP contribution in [0.5, 0.6) is 5.75 Å². The quantitative estimate of drug-likeness (QED) is 0.773. The van der Waals surface area contributed by atoms with Gasteiger partial charge < -0.3 is 15.0 Å². The molecule has 5 nitrogen and oxygen atoms in total. The molecule has 0 fully saturated rings. The third-order valence-electron chi connectivity index (χ3n) is 4.19. The summed E-state index contributed by atoms with van der Waals surface area (Å²) in [5.74, 6) is 0.661. The summed E-state index contributed by atoms with van der Waals surface area (Å²) in [5, 5.41) is 2.86. The number of rotatable bonds is 6. The smallest absolute Gasteiger partial charge is 0.260 e. The molecule has 142 valence electrons. The molecular formula is C20H21FN2O3S. The molecule has 0 bridgehead atoms. The van der Waals surface area contributed by atoms with Crippen molar-refractivity contribution in [3.05, 3.63) is 59.4 Å². The van der Waals surface area contributed by atoms with Gasteiger partial charge >= 0.3 is 0 Å². The molecule has 0 saturated carbocycles. The van der Waals surface area contributed by atoms with E-state index in [2.05, 4.69) is 5.32 Å². The number of ether oxygens (including phenoxy) is 1. The molecule has 0 spiro atoms. The normalized spacial score (nSPS) is 13.6. The molecule has 2 aromatic rings. The van der Waals surface area contributed by atoms with Crippen molar-refractivity contribution in [1.82, 2.24) is 10.2 Å². The summed E-state index contributed by atoms with van der Waals surface area (Å²) in [5.41, 5.74) is 1.25. The van der Waals surface area contributed by atoms with Crippen LogP contribution in [-0.4, -0.2) is 42.2 Å². The molecule has 27 heavy (non-hydrogen) atoms. The summed E-state index contributed by atoms with van der Waals surface area (Å²) >= 11 is 1.61. The molecule has 1 N–H and O–H groups in total. The number of benzene rings is 2. The highest BCUT2D eigenvalue weighted by Crippen LogP contribution is 2.24. The third-order valence-corrected chi connectivity index (χ3v) is 5.14. The standard InChI is InChI=1S/C20H21FN2O3S/c1-2-27-18-6-4-3-5-16(18)20(25)22-9-10-23-12-14-11-15(21)7-8-17(14)26-13-19(23)24/h3-8,11H,2,9-10,12-13H2,1H3,(H,22,25). The predicted molar refractivity (Wildman–Crippen MR) is 102 cm³/mol. The van der Waals surface area contributed by atoms with Crippen molar-refractivity contribution in [2.75, 3.05) is 25.4 Å². The number of nitrogens with zero attached hydrogens (tertiary/aromatic N) is 1. The fourth-order valence-corrected chi connectivity index (χ4v) is 3.68. The largest absolute Gasteiger partial charge is 0.483 e. The predicted octanol–water partition coefficient (Wildman–Crippen LogP) is 3.09. The summed E-state index contributed by atoms with van der Waals surface area (Å²) < 4.78 is 18.9. The number of hydrogen-bond acceptors (Lipinski definition) is 4. The Bertz CT molecular complexity index is 844. The minimum Gasteiger partial charge on any atom is -0.483 e. The fourth-order valence-electron chi connectivity index (χ4n) is 2.88. The lowest BCUT2D eigenvalue weighted by Gasteiger charge is -2.20. The van der Waals surface area contributed by atoms with Crippen molar-refractivity contribution in [1.29, 1.82) is 0 Å². The molecule has 1 aliphatic heterocycles. The monoisotopic (exact) mass is 388 g/mol. The van der Waals surface area contributed by atoms with Crippen LogP contribution in [0, 0.1) is 5.82 Å². The molecule has 0 unspecified atom stereocenters. The van der Waals surface area contributed by atoms with E-state index in [-0.39, 0.29) is 30.8 Å². The van der Waals surface area contributed by atoms with Gasteiger partial charge in [0.25, 0.3) is 11.8 Å². The zero-order valence-electron chi connectivity index (χ0n) is 15.0. The number of hydrogen-bond donors (Lipinski definition) is 1. The molecule has 2 aromatic carbocycles. The lowest BCUT2D eigenvalue weighted by Crippen LogP contribution is -2.39. The zero-order chi connectivity index (χ0) is 19.2. The molecule has 7 heteroatoms. The molecule has 2 amide bonds. The van der Waals surface area contributed by atoms with Gasteiger partial charge in [0.1, 0.15) is 11.6 Å². The maximum absolute atomic E-state index is 13.5. The van der Waals surface area contributed by atoms with E-state index in [1.807, 2.05) is 25.1 Å². The van der Waals surface area contributed by atoms with E-state index in [9.17, 15) is 14.0 Å². The van der Waals surface area contributed by atoms with Crippen molar-refractivity contribution in [2.45, 2.75) is 18.4 Å². The Hall–Kier alpha value is -2.54. The highest BCUT2D eigenvalue weighted by molar-refractivity contribution is 7.99. The number of fused-ring (bicyclic) bond motifs is 1. The summed E-state index contributed by atoms with van der Waals surface area (Å²) in [6.07, 6.45) is 0. The van der Waals surface area contributed by atoms with Gasteiger partial charge in [0.05, 0.1) is 5.56 Å². The molecule has 0 aliphatic carbocycles. The van der Waals surface area contributed by atoms with Crippen LogP contribution in [0.4, 0.5) is 4.39 Å². The van der Waals surface area contributed by atoms with E-state index < -0.39 is 0 Å². The topological polar surface area (TPSA) is 58.6 Å². The van der Waals surface area contributed by atoms with Crippen molar-refractivity contribution in [3.63, 3.8) is 0 Å². The SMILES string of the molecule is CCSc1ccccc1C(=O)NCCN1Cc2cc(F)ccc2OCC1=O. The van der Waals surface area contributed by atoms with Crippen molar-refractivity contribution < 1.29 is 18.7 Å². The molecule has 0 aromatic heterocycles. The van der Waals surface area contributed by atoms with Gasteiger partial charge in [0, 0.05) is 30.1 Å². The van der Waals surface area contributed by atoms with Crippen LogP contribution < -0.4 is 10.1 Å². The van der Waals surface area contributed by atoms with Crippen LogP contribution in [0.3, 0.4) is 0 Å². The number of carbonyl (C=O) groups is 2. The Balaban J connectivity index is 1.61. The highest BCUT2D eigenvalue weighted by atomic mass is 32.2. The maximum Gasteiger partial charge on any atom is 0.260 e. The van der Waals surface area contributed by atoms with Crippen LogP contribution in [0.25, 0.3) is 0 Å². The average molecular weight is 388 g/mol. The second kappa shape index (κ2) is 8.90. The van der Waals surface area contributed by atoms with Gasteiger partial charge in [-0.3, -0.25) is 9.59 Å². The van der Waals surface area contributed by atoms with Crippen LogP contribution in [0.15, 0.2) is 47.4 Å². The molecular weight excluding hydrogens is 367 g/mol. The van der Waals surface area contributed by atoms with Crippen molar-refractivity contribution in [2.24, 2.45) is 0 Å². The van der Waals surface area contributed by atoms with Gasteiger partial charge in [0.2, 0.25) is 0 Å². The van der Waals surface area contributed by atoms with E-state index in [1.54, 1.807) is 22.7 Å². The van der Waals surface area contributed by atoms with Gasteiger partial charge in [0.15, 0.2) is 6.61 Å². The van der Waals surface area contributed by atoms with Gasteiger partial charge in [-0.15, -0.1) is 11.8 Å². The van der Waals surface area contributed by atoms with Crippen LogP contribution >= 0.6 is 11.8 Å². The molecule has 1 aliphatic rings. The first-order valence-corrected chi connectivity index (χ1v) is 9.76. The minimum atomic E-state index is -0.370. The first kappa shape index (κ1) is 19.2. The van der Waals surface area contributed by atoms with E-state index in [1.165, 1.54) is 18.2 Å².